The average Bonchev–Trinajstić information content (AvgIpc) is 2.61. The summed E-state index contributed by atoms with van der Waals surface area (Å²) in [5, 5.41) is 2.81. The number of carbonyl (C=O) groups excluding carboxylic acids is 1. The molecule has 0 aliphatic rings. The molecule has 2 aromatic carbocycles. The number of ether oxygens (including phenoxy) is 2. The summed E-state index contributed by atoms with van der Waals surface area (Å²) in [5.74, 6) is 0.925. The summed E-state index contributed by atoms with van der Waals surface area (Å²) in [4.78, 5) is 13.2. The molecule has 0 bridgehead atoms. The van der Waals surface area contributed by atoms with Crippen LogP contribution >= 0.6 is 11.8 Å². The van der Waals surface area contributed by atoms with Crippen LogP contribution in [-0.4, -0.2) is 25.9 Å². The molecule has 126 valence electrons. The Labute approximate surface area is 146 Å². The lowest BCUT2D eigenvalue weighted by molar-refractivity contribution is -0.118. The van der Waals surface area contributed by atoms with E-state index in [-0.39, 0.29) is 12.5 Å². The van der Waals surface area contributed by atoms with Crippen LogP contribution in [0, 0.1) is 0 Å². The second-order valence-corrected chi connectivity index (χ2v) is 5.92. The Morgan fingerprint density at radius 2 is 1.96 bits per heavy atom. The van der Waals surface area contributed by atoms with Crippen LogP contribution < -0.4 is 14.8 Å². The van der Waals surface area contributed by atoms with Gasteiger partial charge < -0.3 is 14.8 Å². The molecule has 4 nitrogen and oxygen atoms in total. The number of amides is 1. The summed E-state index contributed by atoms with van der Waals surface area (Å²) < 4.78 is 10.9. The Morgan fingerprint density at radius 3 is 2.58 bits per heavy atom. The molecular formula is C19H21NO3S. The third-order valence-corrected chi connectivity index (χ3v) is 4.08. The molecule has 0 unspecified atom stereocenters. The molecule has 0 radical (unpaired) electrons. The van der Waals surface area contributed by atoms with Crippen molar-refractivity contribution in [2.45, 2.75) is 11.3 Å². The average molecular weight is 343 g/mol. The highest BCUT2D eigenvalue weighted by molar-refractivity contribution is 7.98. The number of thioether (sulfide) groups is 1. The number of rotatable bonds is 8. The predicted octanol–water partition coefficient (Wildman–Crippen LogP) is 4.16. The topological polar surface area (TPSA) is 47.6 Å². The largest absolute Gasteiger partial charge is 0.493 e. The van der Waals surface area contributed by atoms with Gasteiger partial charge in [-0.2, -0.15) is 0 Å². The fourth-order valence-corrected chi connectivity index (χ4v) is 2.55. The lowest BCUT2D eigenvalue weighted by Gasteiger charge is -2.12. The first kappa shape index (κ1) is 17.9. The smallest absolute Gasteiger partial charge is 0.262 e. The Morgan fingerprint density at radius 1 is 1.21 bits per heavy atom. The van der Waals surface area contributed by atoms with Crippen molar-refractivity contribution in [1.82, 2.24) is 0 Å². The molecule has 1 N–H and O–H groups in total. The van der Waals surface area contributed by atoms with Crippen molar-refractivity contribution in [3.05, 3.63) is 60.7 Å². The maximum Gasteiger partial charge on any atom is 0.262 e. The quantitative estimate of drug-likeness (QED) is 0.577. The maximum absolute atomic E-state index is 12.0. The van der Waals surface area contributed by atoms with Crippen LogP contribution in [0.5, 0.6) is 11.5 Å². The van der Waals surface area contributed by atoms with Gasteiger partial charge in [0, 0.05) is 10.6 Å². The summed E-state index contributed by atoms with van der Waals surface area (Å²) >= 11 is 1.66. The fraction of sp³-hybridized carbons (Fsp3) is 0.211. The Kier molecular flexibility index (Phi) is 6.75. The van der Waals surface area contributed by atoms with Gasteiger partial charge in [0.1, 0.15) is 0 Å². The molecule has 0 aromatic heterocycles. The minimum Gasteiger partial charge on any atom is -0.493 e. The van der Waals surface area contributed by atoms with Gasteiger partial charge in [0.05, 0.1) is 7.11 Å². The van der Waals surface area contributed by atoms with Gasteiger partial charge in [-0.15, -0.1) is 18.3 Å². The van der Waals surface area contributed by atoms with Crippen LogP contribution in [0.4, 0.5) is 5.69 Å². The van der Waals surface area contributed by atoms with Crippen molar-refractivity contribution in [1.29, 1.82) is 0 Å². The number of methoxy groups -OCH3 is 1. The van der Waals surface area contributed by atoms with Crippen molar-refractivity contribution in [3.63, 3.8) is 0 Å². The molecule has 2 rings (SSSR count). The number of allylic oxidation sites excluding steroid dienone is 1. The molecule has 0 aliphatic heterocycles. The van der Waals surface area contributed by atoms with Crippen LogP contribution in [0.15, 0.2) is 60.0 Å². The number of hydrogen-bond donors (Lipinski definition) is 1. The zero-order chi connectivity index (χ0) is 17.4. The SMILES string of the molecule is C=CCc1ccc(OCC(=O)Nc2ccc(SC)cc2)c(OC)c1. The van der Waals surface area contributed by atoms with E-state index in [1.807, 2.05) is 48.7 Å². The molecule has 0 saturated heterocycles. The first-order chi connectivity index (χ1) is 11.7. The number of hydrogen-bond acceptors (Lipinski definition) is 4. The Bertz CT molecular complexity index is 698. The Balaban J connectivity index is 1.94. The van der Waals surface area contributed by atoms with Crippen molar-refractivity contribution in [2.24, 2.45) is 0 Å². The van der Waals surface area contributed by atoms with Crippen LogP contribution in [0.25, 0.3) is 0 Å². The predicted molar refractivity (Wildman–Crippen MR) is 99.2 cm³/mol. The number of benzene rings is 2. The van der Waals surface area contributed by atoms with Gasteiger partial charge >= 0.3 is 0 Å². The van der Waals surface area contributed by atoms with Gasteiger partial charge in [0.15, 0.2) is 18.1 Å². The molecule has 1 amide bonds. The Hall–Kier alpha value is -2.40. The zero-order valence-electron chi connectivity index (χ0n) is 13.9. The number of anilines is 1. The zero-order valence-corrected chi connectivity index (χ0v) is 14.7. The number of carbonyl (C=O) groups is 1. The van der Waals surface area contributed by atoms with Crippen LogP contribution in [-0.2, 0) is 11.2 Å². The standard InChI is InChI=1S/C19H21NO3S/c1-4-5-14-6-11-17(18(12-14)22-2)23-13-19(21)20-15-7-9-16(24-3)10-8-15/h4,6-12H,1,5,13H2,2-3H3,(H,20,21). The second kappa shape index (κ2) is 9.03. The molecule has 0 saturated carbocycles. The third-order valence-electron chi connectivity index (χ3n) is 3.34. The third kappa shape index (κ3) is 5.06. The van der Waals surface area contributed by atoms with E-state index in [0.717, 1.165) is 22.6 Å². The summed E-state index contributed by atoms with van der Waals surface area (Å²) in [6.07, 6.45) is 4.59. The molecule has 0 atom stereocenters. The normalized spacial score (nSPS) is 10.1. The van der Waals surface area contributed by atoms with Gasteiger partial charge in [0.2, 0.25) is 0 Å². The van der Waals surface area contributed by atoms with E-state index in [0.29, 0.717) is 11.5 Å². The van der Waals surface area contributed by atoms with E-state index in [1.165, 1.54) is 0 Å². The molecule has 24 heavy (non-hydrogen) atoms. The van der Waals surface area contributed by atoms with E-state index in [2.05, 4.69) is 11.9 Å². The maximum atomic E-state index is 12.0. The van der Waals surface area contributed by atoms with Crippen molar-refractivity contribution in [3.8, 4) is 11.5 Å². The van der Waals surface area contributed by atoms with Gasteiger partial charge in [-0.1, -0.05) is 12.1 Å². The van der Waals surface area contributed by atoms with Gasteiger partial charge in [0.25, 0.3) is 5.91 Å². The minimum absolute atomic E-state index is 0.0819. The van der Waals surface area contributed by atoms with E-state index in [4.69, 9.17) is 9.47 Å². The van der Waals surface area contributed by atoms with E-state index < -0.39 is 0 Å². The summed E-state index contributed by atoms with van der Waals surface area (Å²) in [6, 6.07) is 13.3. The van der Waals surface area contributed by atoms with Gasteiger partial charge in [-0.25, -0.2) is 0 Å². The van der Waals surface area contributed by atoms with E-state index in [1.54, 1.807) is 24.9 Å². The van der Waals surface area contributed by atoms with Gasteiger partial charge in [-0.05, 0) is 54.6 Å². The summed E-state index contributed by atoms with van der Waals surface area (Å²) in [6.45, 7) is 3.64. The molecular weight excluding hydrogens is 322 g/mol. The number of nitrogens with one attached hydrogen (secondary N) is 1. The van der Waals surface area contributed by atoms with Crippen LogP contribution in [0.2, 0.25) is 0 Å². The highest BCUT2D eigenvalue weighted by Crippen LogP contribution is 2.28. The van der Waals surface area contributed by atoms with Crippen molar-refractivity contribution >= 4 is 23.4 Å². The van der Waals surface area contributed by atoms with E-state index in [9.17, 15) is 4.79 Å². The van der Waals surface area contributed by atoms with Crippen molar-refractivity contribution < 1.29 is 14.3 Å². The summed E-state index contributed by atoms with van der Waals surface area (Å²) in [7, 11) is 1.58. The molecule has 0 heterocycles. The highest BCUT2D eigenvalue weighted by atomic mass is 32.2. The van der Waals surface area contributed by atoms with Crippen LogP contribution in [0.1, 0.15) is 5.56 Å². The fourth-order valence-electron chi connectivity index (χ4n) is 2.14. The van der Waals surface area contributed by atoms with Crippen LogP contribution in [0.3, 0.4) is 0 Å². The highest BCUT2D eigenvalue weighted by Gasteiger charge is 2.09. The second-order valence-electron chi connectivity index (χ2n) is 5.04. The molecule has 0 fully saturated rings. The first-order valence-electron chi connectivity index (χ1n) is 7.50. The molecule has 2 aromatic rings. The summed E-state index contributed by atoms with van der Waals surface area (Å²) in [5.41, 5.74) is 1.82. The minimum atomic E-state index is -0.218. The molecule has 0 spiro atoms. The van der Waals surface area contributed by atoms with E-state index >= 15 is 0 Å². The van der Waals surface area contributed by atoms with Crippen molar-refractivity contribution in [2.75, 3.05) is 25.3 Å². The first-order valence-corrected chi connectivity index (χ1v) is 8.73. The molecule has 5 heteroatoms. The monoisotopic (exact) mass is 343 g/mol. The molecule has 0 aliphatic carbocycles. The lowest BCUT2D eigenvalue weighted by atomic mass is 10.1. The van der Waals surface area contributed by atoms with Gasteiger partial charge in [-0.3, -0.25) is 4.79 Å². The lowest BCUT2D eigenvalue weighted by Crippen LogP contribution is -2.20.